The van der Waals surface area contributed by atoms with Crippen LogP contribution in [0.5, 0.6) is 0 Å². The van der Waals surface area contributed by atoms with E-state index in [4.69, 9.17) is 4.42 Å². The number of likely N-dealkylation sites (N-methyl/N-ethyl adjacent to an activating group) is 1. The van der Waals surface area contributed by atoms with E-state index in [0.29, 0.717) is 6.54 Å². The number of carbonyl (C=O) groups excluding carboxylic acids is 2. The van der Waals surface area contributed by atoms with Crippen LogP contribution in [0.1, 0.15) is 28.9 Å². The SMILES string of the molecule is Cc1c(CN(C)C(=O)/C=C/c2ccc3c(c2)CCC2(CNC2)C(=O)N3)oc2ccccc12. The maximum atomic E-state index is 12.7. The van der Waals surface area contributed by atoms with Crippen LogP contribution in [-0.4, -0.2) is 36.9 Å². The second kappa shape index (κ2) is 7.95. The van der Waals surface area contributed by atoms with E-state index in [1.807, 2.05) is 49.4 Å². The lowest BCUT2D eigenvalue weighted by Crippen LogP contribution is -2.59. The Hall–Kier alpha value is -3.38. The van der Waals surface area contributed by atoms with Crippen LogP contribution in [0.15, 0.2) is 53.0 Å². The van der Waals surface area contributed by atoms with E-state index in [-0.39, 0.29) is 17.2 Å². The molecule has 2 aliphatic rings. The van der Waals surface area contributed by atoms with Crippen molar-refractivity contribution >= 4 is 34.5 Å². The van der Waals surface area contributed by atoms with E-state index in [2.05, 4.69) is 16.7 Å². The molecule has 2 aliphatic heterocycles. The topological polar surface area (TPSA) is 74.6 Å². The van der Waals surface area contributed by atoms with E-state index in [1.54, 1.807) is 18.0 Å². The molecule has 2 aromatic carbocycles. The van der Waals surface area contributed by atoms with Gasteiger partial charge in [0.25, 0.3) is 0 Å². The highest BCUT2D eigenvalue weighted by atomic mass is 16.3. The lowest BCUT2D eigenvalue weighted by atomic mass is 9.77. The molecule has 32 heavy (non-hydrogen) atoms. The van der Waals surface area contributed by atoms with Crippen molar-refractivity contribution in [3.63, 3.8) is 0 Å². The molecule has 6 nitrogen and oxygen atoms in total. The Labute approximate surface area is 187 Å². The maximum Gasteiger partial charge on any atom is 0.246 e. The first-order valence-corrected chi connectivity index (χ1v) is 11.0. The van der Waals surface area contributed by atoms with E-state index >= 15 is 0 Å². The lowest BCUT2D eigenvalue weighted by molar-refractivity contribution is -0.128. The molecule has 5 rings (SSSR count). The van der Waals surface area contributed by atoms with Crippen molar-refractivity contribution < 1.29 is 14.0 Å². The molecular formula is C26H27N3O3. The number of fused-ring (bicyclic) bond motifs is 2. The zero-order valence-electron chi connectivity index (χ0n) is 18.4. The minimum Gasteiger partial charge on any atom is -0.459 e. The first-order chi connectivity index (χ1) is 15.4. The van der Waals surface area contributed by atoms with Gasteiger partial charge in [0, 0.05) is 42.9 Å². The molecule has 3 heterocycles. The summed E-state index contributed by atoms with van der Waals surface area (Å²) in [6, 6.07) is 13.8. The third-order valence-corrected chi connectivity index (χ3v) is 6.78. The van der Waals surface area contributed by atoms with Crippen molar-refractivity contribution in [1.82, 2.24) is 10.2 Å². The largest absolute Gasteiger partial charge is 0.459 e. The molecule has 6 heteroatoms. The normalized spacial score (nSPS) is 17.1. The Balaban J connectivity index is 1.27. The predicted molar refractivity (Wildman–Crippen MR) is 125 cm³/mol. The van der Waals surface area contributed by atoms with E-state index in [9.17, 15) is 9.59 Å². The number of para-hydroxylation sites is 1. The number of carbonyl (C=O) groups is 2. The maximum absolute atomic E-state index is 12.7. The summed E-state index contributed by atoms with van der Waals surface area (Å²) < 4.78 is 5.94. The van der Waals surface area contributed by atoms with Gasteiger partial charge in [-0.3, -0.25) is 9.59 Å². The van der Waals surface area contributed by atoms with E-state index < -0.39 is 0 Å². The molecule has 0 bridgehead atoms. The van der Waals surface area contributed by atoms with Gasteiger partial charge in [0.05, 0.1) is 12.0 Å². The number of aryl methyl sites for hydroxylation is 2. The molecule has 0 radical (unpaired) electrons. The quantitative estimate of drug-likeness (QED) is 0.617. The summed E-state index contributed by atoms with van der Waals surface area (Å²) in [6.45, 7) is 3.92. The van der Waals surface area contributed by atoms with Gasteiger partial charge in [-0.15, -0.1) is 0 Å². The van der Waals surface area contributed by atoms with Crippen molar-refractivity contribution in [1.29, 1.82) is 0 Å². The van der Waals surface area contributed by atoms with Crippen molar-refractivity contribution in [2.24, 2.45) is 5.41 Å². The summed E-state index contributed by atoms with van der Waals surface area (Å²) in [5.74, 6) is 0.819. The summed E-state index contributed by atoms with van der Waals surface area (Å²) in [7, 11) is 1.78. The zero-order valence-corrected chi connectivity index (χ0v) is 18.4. The summed E-state index contributed by atoms with van der Waals surface area (Å²) in [5, 5.41) is 7.38. The van der Waals surface area contributed by atoms with Gasteiger partial charge in [-0.25, -0.2) is 0 Å². The molecule has 0 aliphatic carbocycles. The van der Waals surface area contributed by atoms with Gasteiger partial charge in [0.1, 0.15) is 11.3 Å². The Kier molecular flexibility index (Phi) is 5.10. The Morgan fingerprint density at radius 2 is 2.03 bits per heavy atom. The third kappa shape index (κ3) is 3.60. The summed E-state index contributed by atoms with van der Waals surface area (Å²) in [4.78, 5) is 26.9. The smallest absolute Gasteiger partial charge is 0.246 e. The number of benzene rings is 2. The monoisotopic (exact) mass is 429 g/mol. The second-order valence-corrected chi connectivity index (χ2v) is 8.93. The van der Waals surface area contributed by atoms with Crippen molar-refractivity contribution in [2.45, 2.75) is 26.3 Å². The van der Waals surface area contributed by atoms with Crippen LogP contribution < -0.4 is 10.6 Å². The molecule has 1 saturated heterocycles. The van der Waals surface area contributed by atoms with Gasteiger partial charge < -0.3 is 20.0 Å². The first kappa shape index (κ1) is 20.5. The predicted octanol–water partition coefficient (Wildman–Crippen LogP) is 3.89. The average molecular weight is 430 g/mol. The van der Waals surface area contributed by atoms with Crippen molar-refractivity contribution in [2.75, 3.05) is 25.5 Å². The molecular weight excluding hydrogens is 402 g/mol. The fourth-order valence-corrected chi connectivity index (χ4v) is 4.52. The number of nitrogens with zero attached hydrogens (tertiary/aromatic N) is 1. The lowest BCUT2D eigenvalue weighted by Gasteiger charge is -2.39. The molecule has 0 atom stereocenters. The summed E-state index contributed by atoms with van der Waals surface area (Å²) in [5.41, 5.74) is 4.57. The first-order valence-electron chi connectivity index (χ1n) is 11.0. The molecule has 0 unspecified atom stereocenters. The molecule has 164 valence electrons. The van der Waals surface area contributed by atoms with Gasteiger partial charge in [-0.05, 0) is 55.2 Å². The van der Waals surface area contributed by atoms with Crippen LogP contribution >= 0.6 is 0 Å². The molecule has 2 amide bonds. The molecule has 1 spiro atoms. The summed E-state index contributed by atoms with van der Waals surface area (Å²) >= 11 is 0. The van der Waals surface area contributed by atoms with Crippen molar-refractivity contribution in [3.8, 4) is 0 Å². The number of hydrogen-bond acceptors (Lipinski definition) is 4. The van der Waals surface area contributed by atoms with Gasteiger partial charge in [0.2, 0.25) is 11.8 Å². The second-order valence-electron chi connectivity index (χ2n) is 8.93. The molecule has 0 saturated carbocycles. The highest BCUT2D eigenvalue weighted by Gasteiger charge is 2.45. The fraction of sp³-hybridized carbons (Fsp3) is 0.308. The Morgan fingerprint density at radius 1 is 1.22 bits per heavy atom. The Morgan fingerprint density at radius 3 is 2.78 bits per heavy atom. The number of nitrogens with one attached hydrogen (secondary N) is 2. The third-order valence-electron chi connectivity index (χ3n) is 6.78. The number of rotatable bonds is 4. The minimum atomic E-state index is -0.275. The highest BCUT2D eigenvalue weighted by molar-refractivity contribution is 5.98. The number of furan rings is 1. The van der Waals surface area contributed by atoms with Gasteiger partial charge in [-0.2, -0.15) is 0 Å². The summed E-state index contributed by atoms with van der Waals surface area (Å²) in [6.07, 6.45) is 5.10. The molecule has 1 aromatic heterocycles. The van der Waals surface area contributed by atoms with Gasteiger partial charge in [-0.1, -0.05) is 24.3 Å². The van der Waals surface area contributed by atoms with Crippen LogP contribution in [0, 0.1) is 12.3 Å². The zero-order chi connectivity index (χ0) is 22.3. The molecule has 1 fully saturated rings. The number of anilines is 1. The fourth-order valence-electron chi connectivity index (χ4n) is 4.52. The standard InChI is InChI=1S/C26H27N3O3/c1-17-20-5-3-4-6-22(20)32-23(17)14-29(2)24(30)10-8-18-7-9-21-19(13-18)11-12-26(15-27-16-26)25(31)28-21/h3-10,13,27H,11-12,14-16H2,1-2H3,(H,28,31)/b10-8+. The Bertz CT molecular complexity index is 1240. The van der Waals surface area contributed by atoms with E-state index in [1.165, 1.54) is 0 Å². The molecule has 2 N–H and O–H groups in total. The molecule has 3 aromatic rings. The van der Waals surface area contributed by atoms with Gasteiger partial charge >= 0.3 is 0 Å². The average Bonchev–Trinajstić information content (AvgIpc) is 2.98. The van der Waals surface area contributed by atoms with Crippen LogP contribution in [-0.2, 0) is 22.6 Å². The van der Waals surface area contributed by atoms with Crippen LogP contribution in [0.4, 0.5) is 5.69 Å². The van der Waals surface area contributed by atoms with Crippen LogP contribution in [0.25, 0.3) is 17.0 Å². The minimum absolute atomic E-state index is 0.0902. The van der Waals surface area contributed by atoms with Gasteiger partial charge in [0.15, 0.2) is 0 Å². The van der Waals surface area contributed by atoms with Crippen molar-refractivity contribution in [3.05, 3.63) is 71.0 Å². The van der Waals surface area contributed by atoms with Crippen LogP contribution in [0.3, 0.4) is 0 Å². The highest BCUT2D eigenvalue weighted by Crippen LogP contribution is 2.35. The van der Waals surface area contributed by atoms with E-state index in [0.717, 1.165) is 65.0 Å². The number of hydrogen-bond donors (Lipinski definition) is 2. The van der Waals surface area contributed by atoms with Crippen LogP contribution in [0.2, 0.25) is 0 Å². The number of amides is 2.